The third-order valence-electron chi connectivity index (χ3n) is 3.78. The van der Waals surface area contributed by atoms with E-state index in [9.17, 15) is 9.59 Å². The van der Waals surface area contributed by atoms with E-state index in [0.717, 1.165) is 12.8 Å². The zero-order valence-electron chi connectivity index (χ0n) is 13.2. The molecule has 1 unspecified atom stereocenters. The van der Waals surface area contributed by atoms with Gasteiger partial charge in [-0.25, -0.2) is 0 Å². The molecule has 4 heteroatoms. The first-order valence-corrected chi connectivity index (χ1v) is 7.79. The van der Waals surface area contributed by atoms with Gasteiger partial charge in [0, 0.05) is 0 Å². The molecule has 0 aromatic carbocycles. The zero-order chi connectivity index (χ0) is 15.1. The van der Waals surface area contributed by atoms with Crippen LogP contribution in [0.1, 0.15) is 59.8 Å². The van der Waals surface area contributed by atoms with Crippen LogP contribution in [-0.4, -0.2) is 24.6 Å². The standard InChI is InChI=1S/C16H28O4/c1-11(2)15(17)19-10-14(20-16(18)12(3)4)13-8-6-5-7-9-13/h11-14H,5-10H2,1-4H3. The first-order chi connectivity index (χ1) is 9.41. The number of hydrogen-bond donors (Lipinski definition) is 0. The van der Waals surface area contributed by atoms with Crippen molar-refractivity contribution in [1.29, 1.82) is 0 Å². The van der Waals surface area contributed by atoms with Crippen LogP contribution in [0, 0.1) is 17.8 Å². The molecule has 0 aliphatic heterocycles. The van der Waals surface area contributed by atoms with Crippen molar-refractivity contribution in [2.24, 2.45) is 17.8 Å². The van der Waals surface area contributed by atoms with Crippen molar-refractivity contribution < 1.29 is 19.1 Å². The zero-order valence-corrected chi connectivity index (χ0v) is 13.2. The molecule has 20 heavy (non-hydrogen) atoms. The van der Waals surface area contributed by atoms with E-state index in [1.807, 2.05) is 13.8 Å². The predicted octanol–water partition coefficient (Wildman–Crippen LogP) is 3.33. The van der Waals surface area contributed by atoms with E-state index in [1.165, 1.54) is 19.3 Å². The summed E-state index contributed by atoms with van der Waals surface area (Å²) < 4.78 is 10.8. The van der Waals surface area contributed by atoms with E-state index in [0.29, 0.717) is 5.92 Å². The van der Waals surface area contributed by atoms with Gasteiger partial charge in [-0.1, -0.05) is 47.0 Å². The fraction of sp³-hybridized carbons (Fsp3) is 0.875. The molecule has 1 aliphatic carbocycles. The lowest BCUT2D eigenvalue weighted by molar-refractivity contribution is -0.167. The Labute approximate surface area is 122 Å². The van der Waals surface area contributed by atoms with Crippen LogP contribution < -0.4 is 0 Å². The van der Waals surface area contributed by atoms with Gasteiger partial charge in [-0.3, -0.25) is 9.59 Å². The largest absolute Gasteiger partial charge is 0.462 e. The second kappa shape index (κ2) is 8.28. The lowest BCUT2D eigenvalue weighted by Crippen LogP contribution is -2.35. The Kier molecular flexibility index (Phi) is 7.03. The normalized spacial score (nSPS) is 18.1. The summed E-state index contributed by atoms with van der Waals surface area (Å²) in [5, 5.41) is 0. The van der Waals surface area contributed by atoms with Crippen LogP contribution in [0.2, 0.25) is 0 Å². The fourth-order valence-electron chi connectivity index (χ4n) is 2.39. The van der Waals surface area contributed by atoms with Crippen LogP contribution >= 0.6 is 0 Å². The highest BCUT2D eigenvalue weighted by atomic mass is 16.6. The Balaban J connectivity index is 2.58. The van der Waals surface area contributed by atoms with Crippen molar-refractivity contribution in [3.63, 3.8) is 0 Å². The molecule has 0 spiro atoms. The molecule has 0 N–H and O–H groups in total. The summed E-state index contributed by atoms with van der Waals surface area (Å²) in [4.78, 5) is 23.4. The Hall–Kier alpha value is -1.06. The van der Waals surface area contributed by atoms with Crippen molar-refractivity contribution in [3.05, 3.63) is 0 Å². The van der Waals surface area contributed by atoms with Gasteiger partial charge < -0.3 is 9.47 Å². The molecule has 0 aromatic heterocycles. The minimum absolute atomic E-state index is 0.150. The SMILES string of the molecule is CC(C)C(=O)OCC(OC(=O)C(C)C)C1CCCCC1. The van der Waals surface area contributed by atoms with E-state index in [-0.39, 0.29) is 36.5 Å². The summed E-state index contributed by atoms with van der Waals surface area (Å²) in [6.07, 6.45) is 5.39. The lowest BCUT2D eigenvalue weighted by Gasteiger charge is -2.30. The molecule has 0 heterocycles. The van der Waals surface area contributed by atoms with Crippen LogP contribution in [0.15, 0.2) is 0 Å². The fourth-order valence-corrected chi connectivity index (χ4v) is 2.39. The van der Waals surface area contributed by atoms with Crippen molar-refractivity contribution in [1.82, 2.24) is 0 Å². The van der Waals surface area contributed by atoms with Gasteiger partial charge >= 0.3 is 11.9 Å². The first kappa shape index (κ1) is 17.0. The van der Waals surface area contributed by atoms with E-state index in [4.69, 9.17) is 9.47 Å². The van der Waals surface area contributed by atoms with Gasteiger partial charge in [0.05, 0.1) is 11.8 Å². The van der Waals surface area contributed by atoms with Crippen LogP contribution in [0.25, 0.3) is 0 Å². The van der Waals surface area contributed by atoms with Gasteiger partial charge in [-0.05, 0) is 18.8 Å². The molecule has 0 saturated heterocycles. The second-order valence-corrected chi connectivity index (χ2v) is 6.31. The molecule has 1 rings (SSSR count). The van der Waals surface area contributed by atoms with Crippen LogP contribution in [0.3, 0.4) is 0 Å². The van der Waals surface area contributed by atoms with Crippen LogP contribution in [0.5, 0.6) is 0 Å². The van der Waals surface area contributed by atoms with E-state index < -0.39 is 0 Å². The van der Waals surface area contributed by atoms with Gasteiger partial charge in [0.1, 0.15) is 12.7 Å². The maximum Gasteiger partial charge on any atom is 0.308 e. The number of carbonyl (C=O) groups is 2. The van der Waals surface area contributed by atoms with Gasteiger partial charge in [0.25, 0.3) is 0 Å². The van der Waals surface area contributed by atoms with E-state index >= 15 is 0 Å². The number of carbonyl (C=O) groups excluding carboxylic acids is 2. The Morgan fingerprint density at radius 3 is 2.00 bits per heavy atom. The monoisotopic (exact) mass is 284 g/mol. The molecule has 116 valence electrons. The molecule has 0 bridgehead atoms. The minimum atomic E-state index is -0.284. The molecule has 1 fully saturated rings. The molecular weight excluding hydrogens is 256 g/mol. The van der Waals surface area contributed by atoms with Gasteiger partial charge in [-0.15, -0.1) is 0 Å². The summed E-state index contributed by atoms with van der Waals surface area (Å²) in [5.74, 6) is -0.413. The van der Waals surface area contributed by atoms with Gasteiger partial charge in [0.2, 0.25) is 0 Å². The predicted molar refractivity (Wildman–Crippen MR) is 77.1 cm³/mol. The number of ether oxygens (including phenoxy) is 2. The molecule has 1 aliphatic rings. The van der Waals surface area contributed by atoms with Crippen molar-refractivity contribution in [2.45, 2.75) is 65.9 Å². The first-order valence-electron chi connectivity index (χ1n) is 7.79. The third kappa shape index (κ3) is 5.51. The van der Waals surface area contributed by atoms with E-state index in [1.54, 1.807) is 13.8 Å². The summed E-state index contributed by atoms with van der Waals surface area (Å²) in [5.41, 5.74) is 0. The van der Waals surface area contributed by atoms with E-state index in [2.05, 4.69) is 0 Å². The number of rotatable bonds is 6. The quantitative estimate of drug-likeness (QED) is 0.702. The highest BCUT2D eigenvalue weighted by Crippen LogP contribution is 2.28. The lowest BCUT2D eigenvalue weighted by atomic mass is 9.85. The molecule has 0 amide bonds. The average molecular weight is 284 g/mol. The summed E-state index contributed by atoms with van der Waals surface area (Å²) >= 11 is 0. The number of hydrogen-bond acceptors (Lipinski definition) is 4. The molecular formula is C16H28O4. The average Bonchev–Trinajstić information content (AvgIpc) is 2.43. The Bertz CT molecular complexity index is 316. The highest BCUT2D eigenvalue weighted by molar-refractivity contribution is 5.72. The molecule has 1 atom stereocenters. The molecule has 1 saturated carbocycles. The van der Waals surface area contributed by atoms with Crippen molar-refractivity contribution >= 4 is 11.9 Å². The van der Waals surface area contributed by atoms with Gasteiger partial charge in [0.15, 0.2) is 0 Å². The summed E-state index contributed by atoms with van der Waals surface area (Å²) in [7, 11) is 0. The Morgan fingerprint density at radius 2 is 1.50 bits per heavy atom. The third-order valence-corrected chi connectivity index (χ3v) is 3.78. The second-order valence-electron chi connectivity index (χ2n) is 6.31. The smallest absolute Gasteiger partial charge is 0.308 e. The maximum absolute atomic E-state index is 11.8. The topological polar surface area (TPSA) is 52.6 Å². The molecule has 0 radical (unpaired) electrons. The minimum Gasteiger partial charge on any atom is -0.462 e. The number of esters is 2. The van der Waals surface area contributed by atoms with Crippen LogP contribution in [-0.2, 0) is 19.1 Å². The maximum atomic E-state index is 11.8. The summed E-state index contributed by atoms with van der Waals surface area (Å²) in [6.45, 7) is 7.44. The molecule has 4 nitrogen and oxygen atoms in total. The van der Waals surface area contributed by atoms with Crippen molar-refractivity contribution in [2.75, 3.05) is 6.61 Å². The highest BCUT2D eigenvalue weighted by Gasteiger charge is 2.29. The van der Waals surface area contributed by atoms with Gasteiger partial charge in [-0.2, -0.15) is 0 Å². The molecule has 0 aromatic rings. The van der Waals surface area contributed by atoms with Crippen molar-refractivity contribution in [3.8, 4) is 0 Å². The summed E-state index contributed by atoms with van der Waals surface area (Å²) in [6, 6.07) is 0. The Morgan fingerprint density at radius 1 is 0.950 bits per heavy atom. The van der Waals surface area contributed by atoms with Crippen LogP contribution in [0.4, 0.5) is 0 Å².